The molecule has 1 aliphatic heterocycles. The molecule has 0 amide bonds. The van der Waals surface area contributed by atoms with Gasteiger partial charge in [0.25, 0.3) is 0 Å². The second-order valence-corrected chi connectivity index (χ2v) is 6.44. The quantitative estimate of drug-likeness (QED) is 0.807. The predicted molar refractivity (Wildman–Crippen MR) is 91.6 cm³/mol. The topological polar surface area (TPSA) is 44.1 Å². The highest BCUT2D eigenvalue weighted by Crippen LogP contribution is 2.38. The summed E-state index contributed by atoms with van der Waals surface area (Å²) in [5.74, 6) is 0.807. The molecule has 2 heterocycles. The predicted octanol–water partition coefficient (Wildman–Crippen LogP) is 3.94. The number of fused-ring (bicyclic) bond motifs is 1. The van der Waals surface area contributed by atoms with Crippen LogP contribution in [0, 0.1) is 13.8 Å². The fraction of sp³-hybridized carbons (Fsp3) is 0.368. The van der Waals surface area contributed by atoms with Crippen molar-refractivity contribution in [2.45, 2.75) is 46.8 Å². The van der Waals surface area contributed by atoms with Crippen LogP contribution in [0.1, 0.15) is 37.7 Å². The average Bonchev–Trinajstić information content (AvgIpc) is 2.79. The third-order valence-corrected chi connectivity index (χ3v) is 4.48. The van der Waals surface area contributed by atoms with Crippen LogP contribution in [0.4, 0.5) is 0 Å². The summed E-state index contributed by atoms with van der Waals surface area (Å²) >= 11 is 0. The Morgan fingerprint density at radius 2 is 2.04 bits per heavy atom. The van der Waals surface area contributed by atoms with Gasteiger partial charge in [0.15, 0.2) is 0 Å². The van der Waals surface area contributed by atoms with Crippen LogP contribution in [0.2, 0.25) is 0 Å². The number of aryl methyl sites for hydroxylation is 2. The highest BCUT2D eigenvalue weighted by atomic mass is 16.5. The number of rotatable bonds is 3. The lowest BCUT2D eigenvalue weighted by molar-refractivity contribution is -0.106. The van der Waals surface area contributed by atoms with Crippen molar-refractivity contribution in [3.63, 3.8) is 0 Å². The van der Waals surface area contributed by atoms with Crippen molar-refractivity contribution in [1.82, 2.24) is 9.78 Å². The van der Waals surface area contributed by atoms with Gasteiger partial charge in [0.1, 0.15) is 17.6 Å². The number of nitrogens with zero attached hydrogens (tertiary/aromatic N) is 2. The van der Waals surface area contributed by atoms with Crippen LogP contribution >= 0.6 is 0 Å². The summed E-state index contributed by atoms with van der Waals surface area (Å²) in [6.45, 7) is 10.9. The van der Waals surface area contributed by atoms with E-state index in [1.54, 1.807) is 0 Å². The molecule has 4 nitrogen and oxygen atoms in total. The first-order chi connectivity index (χ1) is 10.9. The van der Waals surface area contributed by atoms with Crippen LogP contribution < -0.4 is 4.74 Å². The van der Waals surface area contributed by atoms with Gasteiger partial charge in [0.2, 0.25) is 0 Å². The summed E-state index contributed by atoms with van der Waals surface area (Å²) in [5, 5.41) is 4.59. The van der Waals surface area contributed by atoms with Crippen LogP contribution in [0.15, 0.2) is 23.8 Å². The van der Waals surface area contributed by atoms with E-state index in [9.17, 15) is 4.79 Å². The Hall–Kier alpha value is -2.36. The normalized spacial score (nSPS) is 15.6. The lowest BCUT2D eigenvalue weighted by Crippen LogP contribution is -2.33. The molecule has 23 heavy (non-hydrogen) atoms. The maximum absolute atomic E-state index is 11.2. The van der Waals surface area contributed by atoms with Crippen molar-refractivity contribution < 1.29 is 9.53 Å². The van der Waals surface area contributed by atoms with Gasteiger partial charge in [-0.3, -0.25) is 9.48 Å². The standard InChI is InChI=1S/C19H22N2O2/c1-6-21-13(3)18(12(2)20-21)15-8-7-14-9-16(11-22)19(4,5)23-17(14)10-15/h7-11H,6H2,1-5H3. The number of ether oxygens (including phenoxy) is 1. The lowest BCUT2D eigenvalue weighted by Gasteiger charge is -2.31. The van der Waals surface area contributed by atoms with Crippen LogP contribution in [0.5, 0.6) is 5.75 Å². The van der Waals surface area contributed by atoms with Gasteiger partial charge in [0.05, 0.1) is 5.69 Å². The van der Waals surface area contributed by atoms with Crippen molar-refractivity contribution in [1.29, 1.82) is 0 Å². The molecular formula is C19H22N2O2. The van der Waals surface area contributed by atoms with E-state index in [0.717, 1.165) is 46.7 Å². The maximum atomic E-state index is 11.2. The van der Waals surface area contributed by atoms with Crippen LogP contribution in [0.3, 0.4) is 0 Å². The molecule has 0 bridgehead atoms. The molecule has 0 N–H and O–H groups in total. The Kier molecular flexibility index (Phi) is 3.63. The van der Waals surface area contributed by atoms with E-state index < -0.39 is 5.60 Å². The largest absolute Gasteiger partial charge is 0.482 e. The van der Waals surface area contributed by atoms with E-state index in [-0.39, 0.29) is 0 Å². The highest BCUT2D eigenvalue weighted by Gasteiger charge is 2.30. The minimum absolute atomic E-state index is 0.606. The Labute approximate surface area is 136 Å². The molecule has 0 spiro atoms. The molecule has 0 saturated heterocycles. The summed E-state index contributed by atoms with van der Waals surface area (Å²) < 4.78 is 8.08. The molecule has 1 aromatic carbocycles. The van der Waals surface area contributed by atoms with Crippen molar-refractivity contribution in [3.05, 3.63) is 40.7 Å². The van der Waals surface area contributed by atoms with Gasteiger partial charge in [-0.2, -0.15) is 5.10 Å². The Balaban J connectivity index is 2.12. The number of aldehydes is 1. The first-order valence-corrected chi connectivity index (χ1v) is 7.92. The summed E-state index contributed by atoms with van der Waals surface area (Å²) in [6.07, 6.45) is 2.78. The number of benzene rings is 1. The first-order valence-electron chi connectivity index (χ1n) is 7.92. The number of carbonyl (C=O) groups excluding carboxylic acids is 1. The van der Waals surface area contributed by atoms with Crippen molar-refractivity contribution in [3.8, 4) is 16.9 Å². The SMILES string of the molecule is CCn1nc(C)c(-c2ccc3c(c2)OC(C)(C)C(C=O)=C3)c1C. The Bertz CT molecular complexity index is 813. The first kappa shape index (κ1) is 15.5. The summed E-state index contributed by atoms with van der Waals surface area (Å²) in [4.78, 5) is 11.2. The number of hydrogen-bond acceptors (Lipinski definition) is 3. The number of carbonyl (C=O) groups is 1. The molecule has 1 aliphatic rings. The van der Waals surface area contributed by atoms with Crippen LogP contribution in [0.25, 0.3) is 17.2 Å². The highest BCUT2D eigenvalue weighted by molar-refractivity contribution is 5.87. The van der Waals surface area contributed by atoms with Gasteiger partial charge in [-0.15, -0.1) is 0 Å². The van der Waals surface area contributed by atoms with E-state index in [0.29, 0.717) is 5.57 Å². The van der Waals surface area contributed by atoms with Gasteiger partial charge >= 0.3 is 0 Å². The molecule has 0 aliphatic carbocycles. The summed E-state index contributed by atoms with van der Waals surface area (Å²) in [5.41, 5.74) is 5.41. The van der Waals surface area contributed by atoms with Crippen molar-refractivity contribution in [2.75, 3.05) is 0 Å². The molecule has 0 saturated carbocycles. The van der Waals surface area contributed by atoms with Gasteiger partial charge in [0, 0.05) is 28.9 Å². The van der Waals surface area contributed by atoms with E-state index in [4.69, 9.17) is 4.74 Å². The molecule has 0 fully saturated rings. The van der Waals surface area contributed by atoms with E-state index in [2.05, 4.69) is 25.0 Å². The molecule has 3 rings (SSSR count). The van der Waals surface area contributed by atoms with E-state index in [1.165, 1.54) is 0 Å². The molecule has 1 aromatic heterocycles. The monoisotopic (exact) mass is 310 g/mol. The second-order valence-electron chi connectivity index (χ2n) is 6.44. The third-order valence-electron chi connectivity index (χ3n) is 4.48. The Morgan fingerprint density at radius 3 is 2.65 bits per heavy atom. The van der Waals surface area contributed by atoms with Gasteiger partial charge in [-0.1, -0.05) is 12.1 Å². The smallest absolute Gasteiger partial charge is 0.150 e. The molecule has 0 radical (unpaired) electrons. The zero-order valence-corrected chi connectivity index (χ0v) is 14.3. The van der Waals surface area contributed by atoms with E-state index >= 15 is 0 Å². The lowest BCUT2D eigenvalue weighted by atomic mass is 9.92. The minimum Gasteiger partial charge on any atom is -0.482 e. The summed E-state index contributed by atoms with van der Waals surface area (Å²) in [7, 11) is 0. The molecule has 2 aromatic rings. The molecule has 0 atom stereocenters. The van der Waals surface area contributed by atoms with Gasteiger partial charge in [-0.25, -0.2) is 0 Å². The molecule has 0 unspecified atom stereocenters. The zero-order valence-electron chi connectivity index (χ0n) is 14.3. The Morgan fingerprint density at radius 1 is 1.30 bits per heavy atom. The third kappa shape index (κ3) is 2.48. The van der Waals surface area contributed by atoms with Crippen molar-refractivity contribution in [2.24, 2.45) is 0 Å². The molecule has 120 valence electrons. The zero-order chi connectivity index (χ0) is 16.8. The number of aromatic nitrogens is 2. The van der Waals surface area contributed by atoms with Gasteiger partial charge in [-0.05, 0) is 52.3 Å². The van der Waals surface area contributed by atoms with Crippen LogP contribution in [-0.4, -0.2) is 21.7 Å². The fourth-order valence-electron chi connectivity index (χ4n) is 3.17. The molecular weight excluding hydrogens is 288 g/mol. The minimum atomic E-state index is -0.606. The summed E-state index contributed by atoms with van der Waals surface area (Å²) in [6, 6.07) is 6.12. The number of hydrogen-bond donors (Lipinski definition) is 0. The van der Waals surface area contributed by atoms with E-state index in [1.807, 2.05) is 43.7 Å². The average molecular weight is 310 g/mol. The van der Waals surface area contributed by atoms with Crippen molar-refractivity contribution >= 4 is 12.4 Å². The fourth-order valence-corrected chi connectivity index (χ4v) is 3.17. The second kappa shape index (κ2) is 5.37. The molecule has 4 heteroatoms. The van der Waals surface area contributed by atoms with Gasteiger partial charge < -0.3 is 4.74 Å². The van der Waals surface area contributed by atoms with Crippen LogP contribution in [-0.2, 0) is 11.3 Å². The maximum Gasteiger partial charge on any atom is 0.150 e.